The molecule has 1 aliphatic carbocycles. The van der Waals surface area contributed by atoms with Gasteiger partial charge in [0.25, 0.3) is 0 Å². The first-order chi connectivity index (χ1) is 9.90. The fourth-order valence-electron chi connectivity index (χ4n) is 3.07. The van der Waals surface area contributed by atoms with E-state index in [9.17, 15) is 9.59 Å². The lowest BCUT2D eigenvalue weighted by atomic mass is 9.81. The minimum Gasteiger partial charge on any atom is -0.274 e. The van der Waals surface area contributed by atoms with Gasteiger partial charge in [-0.15, -0.1) is 0 Å². The predicted molar refractivity (Wildman–Crippen MR) is 90.3 cm³/mol. The van der Waals surface area contributed by atoms with Crippen molar-refractivity contribution in [3.05, 3.63) is 28.8 Å². The van der Waals surface area contributed by atoms with Crippen LogP contribution in [0.2, 0.25) is 5.02 Å². The first-order valence-corrected chi connectivity index (χ1v) is 9.03. The van der Waals surface area contributed by atoms with Crippen LogP contribution in [0.25, 0.3) is 0 Å². The van der Waals surface area contributed by atoms with E-state index in [1.54, 1.807) is 12.1 Å². The minimum absolute atomic E-state index is 0.103. The molecule has 1 heterocycles. The van der Waals surface area contributed by atoms with Crippen LogP contribution in [0, 0.1) is 18.8 Å². The number of benzene rings is 1. The number of anilines is 1. The molecule has 6 heteroatoms. The molecular weight excluding hydrogens is 421 g/mol. The normalized spacial score (nSPS) is 32.5. The number of hydrogen-bond donors (Lipinski definition) is 0. The van der Waals surface area contributed by atoms with E-state index in [-0.39, 0.29) is 33.3 Å². The van der Waals surface area contributed by atoms with Crippen LogP contribution in [0.3, 0.4) is 0 Å². The minimum atomic E-state index is -0.226. The zero-order chi connectivity index (χ0) is 15.3. The van der Waals surface area contributed by atoms with Crippen molar-refractivity contribution in [1.29, 1.82) is 0 Å². The molecule has 1 saturated heterocycles. The van der Waals surface area contributed by atoms with Gasteiger partial charge in [0.1, 0.15) is 0 Å². The van der Waals surface area contributed by atoms with E-state index in [0.717, 1.165) is 5.56 Å². The van der Waals surface area contributed by atoms with Gasteiger partial charge in [-0.2, -0.15) is 0 Å². The van der Waals surface area contributed by atoms with Crippen LogP contribution in [0.4, 0.5) is 5.69 Å². The van der Waals surface area contributed by atoms with Crippen molar-refractivity contribution >= 4 is 61.0 Å². The standard InChI is InChI=1S/C15H14Br2ClNO2/c1-7-2-3-8(4-13(7)18)19-14(20)9-5-11(16)12(17)6-10(9)15(19)21/h2-4,9-12H,5-6H2,1H3/t9-,10+,11+,12-. The summed E-state index contributed by atoms with van der Waals surface area (Å²) in [5.41, 5.74) is 1.50. The maximum atomic E-state index is 12.6. The summed E-state index contributed by atoms with van der Waals surface area (Å²) in [5.74, 6) is -0.658. The number of imide groups is 1. The summed E-state index contributed by atoms with van der Waals surface area (Å²) in [5, 5.41) is 0.569. The zero-order valence-electron chi connectivity index (χ0n) is 11.4. The fraction of sp³-hybridized carbons (Fsp3) is 0.467. The quantitative estimate of drug-likeness (QED) is 0.493. The summed E-state index contributed by atoms with van der Waals surface area (Å²) in [4.78, 5) is 27.0. The highest BCUT2D eigenvalue weighted by Gasteiger charge is 2.52. The second kappa shape index (κ2) is 5.67. The molecule has 0 bridgehead atoms. The van der Waals surface area contributed by atoms with Gasteiger partial charge in [-0.1, -0.05) is 49.5 Å². The van der Waals surface area contributed by atoms with Gasteiger partial charge >= 0.3 is 0 Å². The van der Waals surface area contributed by atoms with Gasteiger partial charge < -0.3 is 0 Å². The number of aryl methyl sites for hydroxylation is 1. The Morgan fingerprint density at radius 1 is 1.10 bits per heavy atom. The molecule has 4 atom stereocenters. The monoisotopic (exact) mass is 433 g/mol. The van der Waals surface area contributed by atoms with Crippen LogP contribution >= 0.6 is 43.5 Å². The van der Waals surface area contributed by atoms with Crippen molar-refractivity contribution in [2.45, 2.75) is 29.4 Å². The second-order valence-corrected chi connectivity index (χ2v) is 8.42. The Balaban J connectivity index is 1.95. The molecule has 112 valence electrons. The first-order valence-electron chi connectivity index (χ1n) is 6.82. The molecule has 3 nitrogen and oxygen atoms in total. The molecule has 0 N–H and O–H groups in total. The van der Waals surface area contributed by atoms with Gasteiger partial charge in [0.05, 0.1) is 17.5 Å². The number of halogens is 3. The Bertz CT molecular complexity index is 594. The van der Waals surface area contributed by atoms with Gasteiger partial charge in [0.15, 0.2) is 0 Å². The molecule has 2 fully saturated rings. The molecule has 2 aliphatic rings. The second-order valence-electron chi connectivity index (χ2n) is 5.66. The highest BCUT2D eigenvalue weighted by molar-refractivity contribution is 9.12. The molecule has 1 saturated carbocycles. The van der Waals surface area contributed by atoms with Crippen molar-refractivity contribution in [3.63, 3.8) is 0 Å². The largest absolute Gasteiger partial charge is 0.274 e. The van der Waals surface area contributed by atoms with Crippen molar-refractivity contribution in [1.82, 2.24) is 0 Å². The third-order valence-corrected chi connectivity index (χ3v) is 7.47. The van der Waals surface area contributed by atoms with E-state index >= 15 is 0 Å². The number of alkyl halides is 2. The maximum absolute atomic E-state index is 12.6. The molecule has 0 radical (unpaired) electrons. The van der Waals surface area contributed by atoms with Crippen LogP contribution in [-0.4, -0.2) is 21.5 Å². The van der Waals surface area contributed by atoms with Crippen LogP contribution < -0.4 is 4.90 Å². The summed E-state index contributed by atoms with van der Waals surface area (Å²) in [6, 6.07) is 5.31. The number of carbonyl (C=O) groups is 2. The van der Waals surface area contributed by atoms with Crippen LogP contribution in [0.5, 0.6) is 0 Å². The molecule has 0 unspecified atom stereocenters. The highest BCUT2D eigenvalue weighted by atomic mass is 79.9. The van der Waals surface area contributed by atoms with Crippen molar-refractivity contribution in [2.75, 3.05) is 4.90 Å². The van der Waals surface area contributed by atoms with Crippen molar-refractivity contribution < 1.29 is 9.59 Å². The predicted octanol–water partition coefficient (Wildman–Crippen LogP) is 4.07. The summed E-state index contributed by atoms with van der Waals surface area (Å²) in [6.45, 7) is 1.89. The fourth-order valence-corrected chi connectivity index (χ4v) is 4.48. The van der Waals surface area contributed by atoms with Gasteiger partial charge in [0.2, 0.25) is 11.8 Å². The average molecular weight is 436 g/mol. The maximum Gasteiger partial charge on any atom is 0.237 e. The summed E-state index contributed by atoms with van der Waals surface area (Å²) < 4.78 is 0. The van der Waals surface area contributed by atoms with Gasteiger partial charge in [-0.05, 0) is 37.5 Å². The Morgan fingerprint density at radius 3 is 2.10 bits per heavy atom. The number of carbonyl (C=O) groups excluding carboxylic acids is 2. The number of rotatable bonds is 1. The van der Waals surface area contributed by atoms with Gasteiger partial charge in [-0.25, -0.2) is 0 Å². The highest BCUT2D eigenvalue weighted by Crippen LogP contribution is 2.44. The summed E-state index contributed by atoms with van der Waals surface area (Å²) in [6.07, 6.45) is 1.36. The topological polar surface area (TPSA) is 37.4 Å². The smallest absolute Gasteiger partial charge is 0.237 e. The Hall–Kier alpha value is -0.390. The SMILES string of the molecule is Cc1ccc(N2C(=O)[C@H]3C[C@@H](Br)[C@@H](Br)C[C@H]3C2=O)cc1Cl. The Morgan fingerprint density at radius 2 is 1.62 bits per heavy atom. The molecule has 21 heavy (non-hydrogen) atoms. The van der Waals surface area contributed by atoms with E-state index in [2.05, 4.69) is 31.9 Å². The third-order valence-electron chi connectivity index (χ3n) is 4.33. The van der Waals surface area contributed by atoms with E-state index in [0.29, 0.717) is 23.6 Å². The number of nitrogens with zero attached hydrogens (tertiary/aromatic N) is 1. The molecule has 1 aromatic rings. The lowest BCUT2D eigenvalue weighted by Gasteiger charge is -2.29. The van der Waals surface area contributed by atoms with Crippen molar-refractivity contribution in [3.8, 4) is 0 Å². The summed E-state index contributed by atoms with van der Waals surface area (Å²) >= 11 is 13.3. The van der Waals surface area contributed by atoms with Gasteiger partial charge in [-0.3, -0.25) is 14.5 Å². The molecule has 3 rings (SSSR count). The molecule has 1 aliphatic heterocycles. The molecule has 1 aromatic carbocycles. The van der Waals surface area contributed by atoms with E-state index in [1.165, 1.54) is 4.90 Å². The van der Waals surface area contributed by atoms with E-state index in [4.69, 9.17) is 11.6 Å². The molecule has 0 aromatic heterocycles. The lowest BCUT2D eigenvalue weighted by molar-refractivity contribution is -0.122. The number of amides is 2. The number of hydrogen-bond acceptors (Lipinski definition) is 2. The molecule has 0 spiro atoms. The third kappa shape index (κ3) is 2.57. The Labute approximate surface area is 145 Å². The lowest BCUT2D eigenvalue weighted by Crippen LogP contribution is -2.34. The van der Waals surface area contributed by atoms with E-state index in [1.807, 2.05) is 13.0 Å². The van der Waals surface area contributed by atoms with Crippen LogP contribution in [0.15, 0.2) is 18.2 Å². The number of fused-ring (bicyclic) bond motifs is 1. The van der Waals surface area contributed by atoms with Crippen LogP contribution in [-0.2, 0) is 9.59 Å². The first kappa shape index (κ1) is 15.5. The van der Waals surface area contributed by atoms with Crippen molar-refractivity contribution in [2.24, 2.45) is 11.8 Å². The zero-order valence-corrected chi connectivity index (χ0v) is 15.3. The average Bonchev–Trinajstić information content (AvgIpc) is 2.66. The molecule has 2 amide bonds. The molecular formula is C15H14Br2ClNO2. The van der Waals surface area contributed by atoms with Gasteiger partial charge in [0, 0.05) is 14.7 Å². The Kier molecular flexibility index (Phi) is 4.19. The summed E-state index contributed by atoms with van der Waals surface area (Å²) in [7, 11) is 0. The van der Waals surface area contributed by atoms with E-state index < -0.39 is 0 Å². The van der Waals surface area contributed by atoms with Crippen LogP contribution in [0.1, 0.15) is 18.4 Å².